The quantitative estimate of drug-likeness (QED) is 0.286. The zero-order valence-electron chi connectivity index (χ0n) is 23.2. The Bertz CT molecular complexity index is 2160. The van der Waals surface area contributed by atoms with Gasteiger partial charge in [0.1, 0.15) is 17.1 Å². The Morgan fingerprint density at radius 2 is 1.68 bits per heavy atom. The zero-order valence-corrected chi connectivity index (χ0v) is 23.2. The Balaban J connectivity index is 1.27. The van der Waals surface area contributed by atoms with E-state index in [4.69, 9.17) is 9.47 Å². The maximum Gasteiger partial charge on any atom is 0.335 e. The number of nitrogens with zero attached hydrogens (tertiary/aromatic N) is 5. The molecule has 13 heteroatoms. The number of methoxy groups -OCH3 is 1. The number of amides is 1. The summed E-state index contributed by atoms with van der Waals surface area (Å²) in [5.74, 6) is -1.54. The molecular weight excluding hydrogens is 574 g/mol. The average Bonchev–Trinajstić information content (AvgIpc) is 3.50. The van der Waals surface area contributed by atoms with Gasteiger partial charge in [0.15, 0.2) is 17.2 Å². The summed E-state index contributed by atoms with van der Waals surface area (Å²) in [6.45, 7) is 0. The second kappa shape index (κ2) is 11.3. The van der Waals surface area contributed by atoms with Crippen molar-refractivity contribution in [3.8, 4) is 34.3 Å². The number of ether oxygens (including phenoxy) is 2. The normalized spacial score (nSPS) is 11.0. The first-order valence-electron chi connectivity index (χ1n) is 13.1. The van der Waals surface area contributed by atoms with Gasteiger partial charge in [-0.05, 0) is 60.7 Å². The van der Waals surface area contributed by atoms with Gasteiger partial charge in [0, 0.05) is 42.7 Å². The number of aromatic nitrogens is 5. The Hall–Kier alpha value is -6.11. The number of nitrogens with one attached hydrogen (secondary N) is 1. The Morgan fingerprint density at radius 1 is 0.932 bits per heavy atom. The van der Waals surface area contributed by atoms with Gasteiger partial charge in [-0.1, -0.05) is 0 Å². The van der Waals surface area contributed by atoms with Crippen LogP contribution in [0, 0.1) is 11.6 Å². The molecule has 11 nitrogen and oxygen atoms in total. The standard InChI is InChI=1S/C31H22F2N6O5/c1-37-17-23(30(41)38(31(37)42)21-8-5-19(32)6-9-21)29(40)35-20-7-12-26(24(33)15-20)44-28-16-25(36-27-13-14-34-39(27)28)18-3-10-22(43-2)11-4-18/h3-17H,1-2H3,(H,35,40). The largest absolute Gasteiger partial charge is 0.497 e. The van der Waals surface area contributed by atoms with Gasteiger partial charge in [-0.25, -0.2) is 23.1 Å². The maximum absolute atomic E-state index is 15.3. The van der Waals surface area contributed by atoms with E-state index in [0.717, 1.165) is 39.1 Å². The highest BCUT2D eigenvalue weighted by atomic mass is 19.1. The first-order valence-corrected chi connectivity index (χ1v) is 13.1. The van der Waals surface area contributed by atoms with Crippen LogP contribution in [0.4, 0.5) is 14.5 Å². The van der Waals surface area contributed by atoms with Crippen LogP contribution in [0.5, 0.6) is 17.4 Å². The summed E-state index contributed by atoms with van der Waals surface area (Å²) in [5, 5.41) is 6.68. The zero-order chi connectivity index (χ0) is 31.0. The molecule has 0 atom stereocenters. The molecule has 3 aromatic heterocycles. The molecular formula is C31H22F2N6O5. The minimum Gasteiger partial charge on any atom is -0.497 e. The van der Waals surface area contributed by atoms with E-state index >= 15 is 4.39 Å². The van der Waals surface area contributed by atoms with Crippen molar-refractivity contribution in [3.05, 3.63) is 129 Å². The van der Waals surface area contributed by atoms with Crippen molar-refractivity contribution >= 4 is 17.2 Å². The summed E-state index contributed by atoms with van der Waals surface area (Å²) in [6, 6.07) is 18.9. The van der Waals surface area contributed by atoms with Crippen LogP contribution < -0.4 is 26.0 Å². The lowest BCUT2D eigenvalue weighted by Gasteiger charge is -2.13. The molecule has 44 heavy (non-hydrogen) atoms. The van der Waals surface area contributed by atoms with E-state index in [0.29, 0.717) is 17.1 Å². The second-order valence-electron chi connectivity index (χ2n) is 9.56. The van der Waals surface area contributed by atoms with Crippen LogP contribution in [0.1, 0.15) is 10.4 Å². The molecule has 0 saturated carbocycles. The lowest BCUT2D eigenvalue weighted by molar-refractivity contribution is 0.102. The molecule has 0 aliphatic rings. The number of rotatable bonds is 7. The van der Waals surface area contributed by atoms with Crippen molar-refractivity contribution in [2.45, 2.75) is 0 Å². The van der Waals surface area contributed by atoms with Crippen LogP contribution in [0.15, 0.2) is 101 Å². The highest BCUT2D eigenvalue weighted by Gasteiger charge is 2.19. The van der Waals surface area contributed by atoms with Crippen molar-refractivity contribution in [3.63, 3.8) is 0 Å². The summed E-state index contributed by atoms with van der Waals surface area (Å²) < 4.78 is 43.0. The fourth-order valence-electron chi connectivity index (χ4n) is 4.48. The lowest BCUT2D eigenvalue weighted by atomic mass is 10.1. The number of hydrogen-bond donors (Lipinski definition) is 1. The molecule has 0 spiro atoms. The molecule has 0 saturated heterocycles. The summed E-state index contributed by atoms with van der Waals surface area (Å²) in [5.41, 5.74) is -0.133. The first-order chi connectivity index (χ1) is 21.2. The van der Waals surface area contributed by atoms with Gasteiger partial charge in [0.25, 0.3) is 11.5 Å². The van der Waals surface area contributed by atoms with Gasteiger partial charge in [-0.3, -0.25) is 9.59 Å². The maximum atomic E-state index is 15.3. The molecule has 0 radical (unpaired) electrons. The van der Waals surface area contributed by atoms with Gasteiger partial charge < -0.3 is 19.4 Å². The summed E-state index contributed by atoms with van der Waals surface area (Å²) >= 11 is 0. The first kappa shape index (κ1) is 28.0. The van der Waals surface area contributed by atoms with Crippen molar-refractivity contribution in [1.29, 1.82) is 0 Å². The number of carbonyl (C=O) groups is 1. The van der Waals surface area contributed by atoms with E-state index in [2.05, 4.69) is 15.4 Å². The van der Waals surface area contributed by atoms with Crippen LogP contribution in [0.3, 0.4) is 0 Å². The van der Waals surface area contributed by atoms with Crippen molar-refractivity contribution in [1.82, 2.24) is 23.7 Å². The van der Waals surface area contributed by atoms with Gasteiger partial charge in [-0.15, -0.1) is 0 Å². The highest BCUT2D eigenvalue weighted by Crippen LogP contribution is 2.30. The predicted molar refractivity (Wildman–Crippen MR) is 157 cm³/mol. The third kappa shape index (κ3) is 5.29. The molecule has 1 amide bonds. The van der Waals surface area contributed by atoms with E-state index in [1.807, 2.05) is 12.1 Å². The highest BCUT2D eigenvalue weighted by molar-refractivity contribution is 6.03. The monoisotopic (exact) mass is 596 g/mol. The Labute approximate surface area is 247 Å². The van der Waals surface area contributed by atoms with Crippen molar-refractivity contribution < 1.29 is 23.0 Å². The molecule has 3 heterocycles. The number of fused-ring (bicyclic) bond motifs is 1. The van der Waals surface area contributed by atoms with Gasteiger partial charge in [0.05, 0.1) is 24.7 Å². The number of anilines is 1. The molecule has 3 aromatic carbocycles. The third-order valence-corrected chi connectivity index (χ3v) is 6.70. The van der Waals surface area contributed by atoms with Gasteiger partial charge in [0.2, 0.25) is 5.88 Å². The molecule has 220 valence electrons. The minimum atomic E-state index is -0.925. The third-order valence-electron chi connectivity index (χ3n) is 6.70. The lowest BCUT2D eigenvalue weighted by Crippen LogP contribution is -2.41. The number of carbonyl (C=O) groups excluding carboxylic acids is 1. The van der Waals surface area contributed by atoms with Crippen molar-refractivity contribution in [2.75, 3.05) is 12.4 Å². The van der Waals surface area contributed by atoms with E-state index in [9.17, 15) is 18.8 Å². The molecule has 6 rings (SSSR count). The molecule has 0 aliphatic heterocycles. The number of halogens is 2. The van der Waals surface area contributed by atoms with Crippen molar-refractivity contribution in [2.24, 2.45) is 7.05 Å². The van der Waals surface area contributed by atoms with Gasteiger partial charge >= 0.3 is 5.69 Å². The smallest absolute Gasteiger partial charge is 0.335 e. The fourth-order valence-corrected chi connectivity index (χ4v) is 4.48. The fraction of sp³-hybridized carbons (Fsp3) is 0.0645. The second-order valence-corrected chi connectivity index (χ2v) is 9.56. The van der Waals surface area contributed by atoms with Crippen LogP contribution in [0.25, 0.3) is 22.6 Å². The Kier molecular flexibility index (Phi) is 7.19. The van der Waals surface area contributed by atoms with E-state index < -0.39 is 28.8 Å². The van der Waals surface area contributed by atoms with Crippen LogP contribution in [-0.2, 0) is 7.05 Å². The number of benzene rings is 3. The number of aryl methyl sites for hydroxylation is 1. The summed E-state index contributed by atoms with van der Waals surface area (Å²) in [6.07, 6.45) is 2.61. The van der Waals surface area contributed by atoms with E-state index in [-0.39, 0.29) is 28.6 Å². The molecule has 1 N–H and O–H groups in total. The SMILES string of the molecule is COc1ccc(-c2cc(Oc3ccc(NC(=O)c4cn(C)c(=O)n(-c5ccc(F)cc5)c4=O)cc3F)n3nccc3n2)cc1. The molecule has 0 fully saturated rings. The molecule has 0 aliphatic carbocycles. The van der Waals surface area contributed by atoms with Crippen LogP contribution in [0.2, 0.25) is 0 Å². The predicted octanol–water partition coefficient (Wildman–Crippen LogP) is 4.58. The molecule has 0 bridgehead atoms. The van der Waals surface area contributed by atoms with E-state index in [1.165, 1.54) is 42.0 Å². The minimum absolute atomic E-state index is 0.0271. The average molecular weight is 597 g/mol. The topological polar surface area (TPSA) is 122 Å². The van der Waals surface area contributed by atoms with Crippen LogP contribution >= 0.6 is 0 Å². The number of hydrogen-bond acceptors (Lipinski definition) is 7. The summed E-state index contributed by atoms with van der Waals surface area (Å²) in [7, 11) is 2.93. The molecule has 6 aromatic rings. The van der Waals surface area contributed by atoms with Crippen LogP contribution in [-0.4, -0.2) is 36.7 Å². The van der Waals surface area contributed by atoms with E-state index in [1.54, 1.807) is 31.4 Å². The molecule has 0 unspecified atom stereocenters. The Morgan fingerprint density at radius 3 is 2.39 bits per heavy atom. The summed E-state index contributed by atoms with van der Waals surface area (Å²) in [4.78, 5) is 43.4. The van der Waals surface area contributed by atoms with Gasteiger partial charge in [-0.2, -0.15) is 9.61 Å².